The van der Waals surface area contributed by atoms with Crippen LogP contribution in [-0.2, 0) is 14.8 Å². The van der Waals surface area contributed by atoms with Crippen LogP contribution in [-0.4, -0.2) is 51.0 Å². The number of ether oxygens (including phenoxy) is 2. The monoisotopic (exact) mass is 476 g/mol. The highest BCUT2D eigenvalue weighted by atomic mass is 32.2. The van der Waals surface area contributed by atoms with Gasteiger partial charge in [0, 0.05) is 5.56 Å². The number of carbonyl (C=O) groups excluding carboxylic acids is 1. The van der Waals surface area contributed by atoms with E-state index >= 15 is 0 Å². The molecule has 3 aromatic rings. The molecule has 0 saturated carbocycles. The minimum absolute atomic E-state index is 0.259. The lowest BCUT2D eigenvalue weighted by Crippen LogP contribution is -2.46. The molecule has 9 nitrogen and oxygen atoms in total. The highest BCUT2D eigenvalue weighted by Crippen LogP contribution is 2.29. The third-order valence-electron chi connectivity index (χ3n) is 4.65. The summed E-state index contributed by atoms with van der Waals surface area (Å²) in [6.07, 6.45) is 1.33. The Hall–Kier alpha value is -3.18. The predicted molar refractivity (Wildman–Crippen MR) is 125 cm³/mol. The van der Waals surface area contributed by atoms with E-state index in [1.807, 2.05) is 12.1 Å². The number of rotatable bonds is 9. The topological polar surface area (TPSA) is 111 Å². The summed E-state index contributed by atoms with van der Waals surface area (Å²) < 4.78 is 36.5. The Morgan fingerprint density at radius 1 is 1.03 bits per heavy atom. The van der Waals surface area contributed by atoms with Gasteiger partial charge in [-0.05, 0) is 55.0 Å². The number of sulfonamides is 1. The summed E-state index contributed by atoms with van der Waals surface area (Å²) in [6.45, 7) is 1.74. The summed E-state index contributed by atoms with van der Waals surface area (Å²) in [7, 11) is -0.635. The fourth-order valence-electron chi connectivity index (χ4n) is 3.10. The molecule has 1 heterocycles. The molecule has 32 heavy (non-hydrogen) atoms. The number of benzene rings is 2. The predicted octanol–water partition coefficient (Wildman–Crippen LogP) is 3.41. The SMILES string of the molecule is CCC(C(=O)Nc1nnc(-c2ccc(OC)cc2)s1)N(c1ccc(OC)cc1)S(C)(=O)=O. The second-order valence-corrected chi connectivity index (χ2v) is 9.65. The molecule has 11 heteroatoms. The zero-order valence-corrected chi connectivity index (χ0v) is 19.7. The molecular weight excluding hydrogens is 452 g/mol. The van der Waals surface area contributed by atoms with E-state index < -0.39 is 22.0 Å². The Kier molecular flexibility index (Phi) is 7.31. The van der Waals surface area contributed by atoms with E-state index in [9.17, 15) is 13.2 Å². The van der Waals surface area contributed by atoms with Crippen LogP contribution in [0, 0.1) is 0 Å². The van der Waals surface area contributed by atoms with Gasteiger partial charge in [-0.3, -0.25) is 14.4 Å². The Balaban J connectivity index is 1.82. The molecule has 1 amide bonds. The summed E-state index contributed by atoms with van der Waals surface area (Å²) in [4.78, 5) is 13.0. The molecule has 0 fully saturated rings. The second-order valence-electron chi connectivity index (χ2n) is 6.81. The van der Waals surface area contributed by atoms with E-state index in [1.54, 1.807) is 50.4 Å². The molecule has 1 aromatic heterocycles. The van der Waals surface area contributed by atoms with Gasteiger partial charge in [0.05, 0.1) is 26.2 Å². The van der Waals surface area contributed by atoms with Gasteiger partial charge in [0.1, 0.15) is 22.5 Å². The lowest BCUT2D eigenvalue weighted by Gasteiger charge is -2.29. The molecule has 0 radical (unpaired) electrons. The lowest BCUT2D eigenvalue weighted by atomic mass is 10.2. The number of hydrogen-bond donors (Lipinski definition) is 1. The van der Waals surface area contributed by atoms with E-state index in [-0.39, 0.29) is 11.6 Å². The molecule has 1 atom stereocenters. The molecule has 0 aliphatic heterocycles. The number of hydrogen-bond acceptors (Lipinski definition) is 8. The van der Waals surface area contributed by atoms with Crippen LogP contribution in [0.2, 0.25) is 0 Å². The van der Waals surface area contributed by atoms with Gasteiger partial charge in [-0.2, -0.15) is 0 Å². The average molecular weight is 477 g/mol. The summed E-state index contributed by atoms with van der Waals surface area (Å²) in [5.41, 5.74) is 1.19. The molecular formula is C21H24N4O5S2. The highest BCUT2D eigenvalue weighted by Gasteiger charge is 2.32. The molecule has 0 saturated heterocycles. The molecule has 1 N–H and O–H groups in total. The first-order chi connectivity index (χ1) is 15.3. The molecule has 170 valence electrons. The van der Waals surface area contributed by atoms with Gasteiger partial charge < -0.3 is 9.47 Å². The first-order valence-corrected chi connectivity index (χ1v) is 12.4. The molecule has 0 bridgehead atoms. The Bertz CT molecular complexity index is 1160. The minimum atomic E-state index is -3.74. The summed E-state index contributed by atoms with van der Waals surface area (Å²) in [6, 6.07) is 12.8. The fraction of sp³-hybridized carbons (Fsp3) is 0.286. The van der Waals surface area contributed by atoms with E-state index in [1.165, 1.54) is 18.4 Å². The lowest BCUT2D eigenvalue weighted by molar-refractivity contribution is -0.117. The molecule has 0 spiro atoms. The van der Waals surface area contributed by atoms with Crippen molar-refractivity contribution in [1.29, 1.82) is 0 Å². The van der Waals surface area contributed by atoms with Gasteiger partial charge in [-0.1, -0.05) is 18.3 Å². The van der Waals surface area contributed by atoms with Crippen molar-refractivity contribution in [2.45, 2.75) is 19.4 Å². The summed E-state index contributed by atoms with van der Waals surface area (Å²) in [5.74, 6) is 0.808. The van der Waals surface area contributed by atoms with Crippen LogP contribution < -0.4 is 19.1 Å². The summed E-state index contributed by atoms with van der Waals surface area (Å²) in [5, 5.41) is 11.7. The Labute approximate surface area is 191 Å². The van der Waals surface area contributed by atoms with E-state index in [0.717, 1.165) is 21.9 Å². The van der Waals surface area contributed by atoms with Crippen molar-refractivity contribution in [3.8, 4) is 22.1 Å². The van der Waals surface area contributed by atoms with Crippen molar-refractivity contribution < 1.29 is 22.7 Å². The number of methoxy groups -OCH3 is 2. The molecule has 0 aliphatic carbocycles. The van der Waals surface area contributed by atoms with Crippen LogP contribution in [0.15, 0.2) is 48.5 Å². The average Bonchev–Trinajstić information content (AvgIpc) is 3.25. The number of carbonyl (C=O) groups is 1. The highest BCUT2D eigenvalue weighted by molar-refractivity contribution is 7.92. The maximum absolute atomic E-state index is 13.0. The Morgan fingerprint density at radius 2 is 1.59 bits per heavy atom. The van der Waals surface area contributed by atoms with Crippen LogP contribution in [0.25, 0.3) is 10.6 Å². The van der Waals surface area contributed by atoms with Crippen molar-refractivity contribution in [3.63, 3.8) is 0 Å². The van der Waals surface area contributed by atoms with E-state index in [4.69, 9.17) is 9.47 Å². The van der Waals surface area contributed by atoms with Gasteiger partial charge in [0.2, 0.25) is 21.1 Å². The molecule has 2 aromatic carbocycles. The molecule has 1 unspecified atom stereocenters. The van der Waals surface area contributed by atoms with Gasteiger partial charge in [-0.15, -0.1) is 10.2 Å². The van der Waals surface area contributed by atoms with Crippen LogP contribution >= 0.6 is 11.3 Å². The molecule has 0 aliphatic rings. The number of nitrogens with one attached hydrogen (secondary N) is 1. The number of amides is 1. The van der Waals surface area contributed by atoms with Crippen molar-refractivity contribution in [2.24, 2.45) is 0 Å². The first-order valence-electron chi connectivity index (χ1n) is 9.69. The normalized spacial score (nSPS) is 12.1. The maximum atomic E-state index is 13.0. The summed E-state index contributed by atoms with van der Waals surface area (Å²) >= 11 is 1.20. The minimum Gasteiger partial charge on any atom is -0.497 e. The first kappa shape index (κ1) is 23.5. The number of anilines is 2. The van der Waals surface area contributed by atoms with Crippen LogP contribution in [0.4, 0.5) is 10.8 Å². The number of nitrogens with zero attached hydrogens (tertiary/aromatic N) is 3. The zero-order chi connectivity index (χ0) is 23.3. The maximum Gasteiger partial charge on any atom is 0.250 e. The van der Waals surface area contributed by atoms with Crippen molar-refractivity contribution in [2.75, 3.05) is 30.1 Å². The van der Waals surface area contributed by atoms with E-state index in [2.05, 4.69) is 15.5 Å². The quantitative estimate of drug-likeness (QED) is 0.504. The van der Waals surface area contributed by atoms with Gasteiger partial charge in [-0.25, -0.2) is 8.42 Å². The smallest absolute Gasteiger partial charge is 0.250 e. The van der Waals surface area contributed by atoms with Crippen molar-refractivity contribution in [1.82, 2.24) is 10.2 Å². The van der Waals surface area contributed by atoms with Crippen LogP contribution in [0.3, 0.4) is 0 Å². The number of aromatic nitrogens is 2. The third-order valence-corrected chi connectivity index (χ3v) is 6.72. The third kappa shape index (κ3) is 5.35. The van der Waals surface area contributed by atoms with Crippen molar-refractivity contribution in [3.05, 3.63) is 48.5 Å². The van der Waals surface area contributed by atoms with E-state index in [0.29, 0.717) is 16.4 Å². The zero-order valence-electron chi connectivity index (χ0n) is 18.1. The molecule has 3 rings (SSSR count). The van der Waals surface area contributed by atoms with Gasteiger partial charge in [0.25, 0.3) is 0 Å². The van der Waals surface area contributed by atoms with Gasteiger partial charge in [0.15, 0.2) is 0 Å². The largest absolute Gasteiger partial charge is 0.497 e. The fourth-order valence-corrected chi connectivity index (χ4v) is 5.07. The second kappa shape index (κ2) is 9.96. The van der Waals surface area contributed by atoms with Crippen molar-refractivity contribution >= 4 is 38.1 Å². The van der Waals surface area contributed by atoms with Crippen LogP contribution in [0.1, 0.15) is 13.3 Å². The van der Waals surface area contributed by atoms with Gasteiger partial charge >= 0.3 is 0 Å². The van der Waals surface area contributed by atoms with Crippen LogP contribution in [0.5, 0.6) is 11.5 Å². The standard InChI is InChI=1S/C21H24N4O5S2/c1-5-18(25(32(4,27)28)15-8-12-17(30-3)13-9-15)19(26)22-21-24-23-20(31-21)14-6-10-16(29-2)11-7-14/h6-13,18H,5H2,1-4H3,(H,22,24,26). The Morgan fingerprint density at radius 3 is 2.09 bits per heavy atom.